The van der Waals surface area contributed by atoms with E-state index in [1.807, 2.05) is 0 Å². The van der Waals surface area contributed by atoms with Gasteiger partial charge >= 0.3 is 5.97 Å². The molecule has 86 valence electrons. The van der Waals surface area contributed by atoms with Crippen molar-refractivity contribution in [3.05, 3.63) is 12.4 Å². The average molecular weight is 223 g/mol. The summed E-state index contributed by atoms with van der Waals surface area (Å²) in [5.74, 6) is 0.243. The summed E-state index contributed by atoms with van der Waals surface area (Å²) in [6, 6.07) is 1.17. The standard InChI is InChI=1S/C10H13N3O3/c1-16-9-5-8(11-6-12-9)13-4-2-3-7(13)10(14)15/h5-7H,2-4H2,1H3,(H,14,15)/t7-/m1/s1. The van der Waals surface area contributed by atoms with Crippen molar-refractivity contribution in [2.45, 2.75) is 18.9 Å². The first kappa shape index (κ1) is 10.7. The van der Waals surface area contributed by atoms with Crippen molar-refractivity contribution in [2.24, 2.45) is 0 Å². The SMILES string of the molecule is COc1cc(N2CCC[C@@H]2C(=O)O)ncn1. The van der Waals surface area contributed by atoms with Crippen LogP contribution in [0.15, 0.2) is 12.4 Å². The van der Waals surface area contributed by atoms with Gasteiger partial charge in [0.1, 0.15) is 18.2 Å². The zero-order valence-electron chi connectivity index (χ0n) is 8.96. The van der Waals surface area contributed by atoms with Gasteiger partial charge in [-0.2, -0.15) is 0 Å². The van der Waals surface area contributed by atoms with Crippen LogP contribution in [-0.2, 0) is 4.79 Å². The molecule has 2 heterocycles. The number of methoxy groups -OCH3 is 1. The van der Waals surface area contributed by atoms with Gasteiger partial charge in [-0.3, -0.25) is 0 Å². The van der Waals surface area contributed by atoms with Gasteiger partial charge in [0.15, 0.2) is 0 Å². The van der Waals surface area contributed by atoms with Gasteiger partial charge in [-0.05, 0) is 12.8 Å². The lowest BCUT2D eigenvalue weighted by Crippen LogP contribution is -2.36. The smallest absolute Gasteiger partial charge is 0.326 e. The number of aliphatic carboxylic acids is 1. The van der Waals surface area contributed by atoms with E-state index in [0.717, 1.165) is 6.42 Å². The Morgan fingerprint density at radius 3 is 3.12 bits per heavy atom. The number of ether oxygens (including phenoxy) is 1. The Morgan fingerprint density at radius 1 is 1.62 bits per heavy atom. The molecule has 0 spiro atoms. The van der Waals surface area contributed by atoms with Crippen LogP contribution in [0.2, 0.25) is 0 Å². The Hall–Kier alpha value is -1.85. The Balaban J connectivity index is 2.25. The van der Waals surface area contributed by atoms with Crippen molar-refractivity contribution in [3.8, 4) is 5.88 Å². The average Bonchev–Trinajstić information content (AvgIpc) is 2.78. The van der Waals surface area contributed by atoms with E-state index in [1.165, 1.54) is 13.4 Å². The van der Waals surface area contributed by atoms with Crippen molar-refractivity contribution in [1.29, 1.82) is 0 Å². The van der Waals surface area contributed by atoms with Gasteiger partial charge in [-0.1, -0.05) is 0 Å². The summed E-state index contributed by atoms with van der Waals surface area (Å²) in [6.07, 6.45) is 2.90. The van der Waals surface area contributed by atoms with Crippen molar-refractivity contribution in [1.82, 2.24) is 9.97 Å². The third-order valence-corrected chi connectivity index (χ3v) is 2.67. The molecule has 16 heavy (non-hydrogen) atoms. The monoisotopic (exact) mass is 223 g/mol. The van der Waals surface area contributed by atoms with Crippen LogP contribution >= 0.6 is 0 Å². The van der Waals surface area contributed by atoms with E-state index in [0.29, 0.717) is 24.7 Å². The second kappa shape index (κ2) is 4.34. The lowest BCUT2D eigenvalue weighted by Gasteiger charge is -2.22. The van der Waals surface area contributed by atoms with Crippen molar-refractivity contribution in [3.63, 3.8) is 0 Å². The highest BCUT2D eigenvalue weighted by molar-refractivity contribution is 5.78. The Labute approximate surface area is 92.9 Å². The molecule has 1 aliphatic heterocycles. The molecule has 0 radical (unpaired) electrons. The Kier molecular flexibility index (Phi) is 2.89. The molecule has 1 aliphatic rings. The topological polar surface area (TPSA) is 75.5 Å². The number of hydrogen-bond donors (Lipinski definition) is 1. The predicted molar refractivity (Wildman–Crippen MR) is 56.6 cm³/mol. The van der Waals surface area contributed by atoms with Gasteiger partial charge in [-0.15, -0.1) is 0 Å². The number of aromatic nitrogens is 2. The van der Waals surface area contributed by atoms with Crippen LogP contribution < -0.4 is 9.64 Å². The summed E-state index contributed by atoms with van der Waals surface area (Å²) >= 11 is 0. The first-order valence-corrected chi connectivity index (χ1v) is 5.08. The molecule has 0 aromatic carbocycles. The molecule has 1 N–H and O–H groups in total. The summed E-state index contributed by atoms with van der Waals surface area (Å²) in [4.78, 5) is 20.8. The third-order valence-electron chi connectivity index (χ3n) is 2.67. The molecule has 1 aromatic heterocycles. The molecular formula is C10H13N3O3. The minimum absolute atomic E-state index is 0.445. The number of anilines is 1. The van der Waals surface area contributed by atoms with Crippen LogP contribution in [0.3, 0.4) is 0 Å². The Morgan fingerprint density at radius 2 is 2.44 bits per heavy atom. The van der Waals surface area contributed by atoms with Crippen LogP contribution in [0.5, 0.6) is 5.88 Å². The number of rotatable bonds is 3. The number of carboxylic acid groups (broad SMARTS) is 1. The number of nitrogens with zero attached hydrogens (tertiary/aromatic N) is 3. The first-order chi connectivity index (χ1) is 7.72. The van der Waals surface area contributed by atoms with E-state index in [2.05, 4.69) is 9.97 Å². The molecule has 0 bridgehead atoms. The van der Waals surface area contributed by atoms with E-state index < -0.39 is 12.0 Å². The van der Waals surface area contributed by atoms with Crippen molar-refractivity contribution >= 4 is 11.8 Å². The maximum Gasteiger partial charge on any atom is 0.326 e. The number of carboxylic acids is 1. The van der Waals surface area contributed by atoms with Gasteiger partial charge < -0.3 is 14.7 Å². The molecule has 1 atom stereocenters. The fraction of sp³-hybridized carbons (Fsp3) is 0.500. The van der Waals surface area contributed by atoms with Crippen molar-refractivity contribution < 1.29 is 14.6 Å². The van der Waals surface area contributed by atoms with Crippen LogP contribution in [0.4, 0.5) is 5.82 Å². The molecular weight excluding hydrogens is 210 g/mol. The van der Waals surface area contributed by atoms with E-state index in [-0.39, 0.29) is 0 Å². The lowest BCUT2D eigenvalue weighted by atomic mass is 10.2. The number of hydrogen-bond acceptors (Lipinski definition) is 5. The van der Waals surface area contributed by atoms with E-state index in [1.54, 1.807) is 11.0 Å². The summed E-state index contributed by atoms with van der Waals surface area (Å²) < 4.78 is 4.98. The van der Waals surface area contributed by atoms with Crippen LogP contribution in [0, 0.1) is 0 Å². The minimum atomic E-state index is -0.810. The molecule has 0 saturated carbocycles. The lowest BCUT2D eigenvalue weighted by molar-refractivity contribution is -0.138. The van der Waals surface area contributed by atoms with Gasteiger partial charge in [0, 0.05) is 12.6 Å². The third kappa shape index (κ3) is 1.91. The molecule has 1 fully saturated rings. The van der Waals surface area contributed by atoms with Gasteiger partial charge in [0.2, 0.25) is 5.88 Å². The molecule has 1 saturated heterocycles. The summed E-state index contributed by atoms with van der Waals surface area (Å²) in [5, 5.41) is 9.06. The molecule has 0 unspecified atom stereocenters. The van der Waals surface area contributed by atoms with Gasteiger partial charge in [0.25, 0.3) is 0 Å². The van der Waals surface area contributed by atoms with Crippen LogP contribution in [-0.4, -0.2) is 40.7 Å². The van der Waals surface area contributed by atoms with Gasteiger partial charge in [0.05, 0.1) is 7.11 Å². The molecule has 6 heteroatoms. The fourth-order valence-electron chi connectivity index (χ4n) is 1.90. The fourth-order valence-corrected chi connectivity index (χ4v) is 1.90. The molecule has 2 rings (SSSR count). The largest absolute Gasteiger partial charge is 0.481 e. The minimum Gasteiger partial charge on any atom is -0.481 e. The van der Waals surface area contributed by atoms with E-state index in [4.69, 9.17) is 9.84 Å². The Bertz CT molecular complexity index is 397. The molecule has 1 aromatic rings. The van der Waals surface area contributed by atoms with Gasteiger partial charge in [-0.25, -0.2) is 14.8 Å². The predicted octanol–water partition coefficient (Wildman–Crippen LogP) is 0.539. The van der Waals surface area contributed by atoms with E-state index >= 15 is 0 Å². The maximum atomic E-state index is 11.0. The maximum absolute atomic E-state index is 11.0. The highest BCUT2D eigenvalue weighted by Crippen LogP contribution is 2.25. The van der Waals surface area contributed by atoms with E-state index in [9.17, 15) is 4.79 Å². The molecule has 0 aliphatic carbocycles. The number of carbonyl (C=O) groups is 1. The highest BCUT2D eigenvalue weighted by Gasteiger charge is 2.31. The zero-order valence-corrected chi connectivity index (χ0v) is 8.96. The summed E-state index contributed by atoms with van der Waals surface area (Å²) in [6.45, 7) is 0.705. The normalized spacial score (nSPS) is 19.8. The second-order valence-electron chi connectivity index (χ2n) is 3.61. The summed E-state index contributed by atoms with van der Waals surface area (Å²) in [5.41, 5.74) is 0. The van der Waals surface area contributed by atoms with Crippen LogP contribution in [0.1, 0.15) is 12.8 Å². The first-order valence-electron chi connectivity index (χ1n) is 5.08. The van der Waals surface area contributed by atoms with Crippen LogP contribution in [0.25, 0.3) is 0 Å². The molecule has 6 nitrogen and oxygen atoms in total. The second-order valence-corrected chi connectivity index (χ2v) is 3.61. The van der Waals surface area contributed by atoms with Crippen molar-refractivity contribution in [2.75, 3.05) is 18.6 Å². The summed E-state index contributed by atoms with van der Waals surface area (Å²) in [7, 11) is 1.52. The molecule has 0 amide bonds. The highest BCUT2D eigenvalue weighted by atomic mass is 16.5. The zero-order chi connectivity index (χ0) is 11.5. The quantitative estimate of drug-likeness (QED) is 0.806.